The van der Waals surface area contributed by atoms with Gasteiger partial charge in [0.1, 0.15) is 0 Å². The summed E-state index contributed by atoms with van der Waals surface area (Å²) in [6.45, 7) is 5.01. The first-order chi connectivity index (χ1) is 6.90. The maximum Gasteiger partial charge on any atom is 0.0594 e. The van der Waals surface area contributed by atoms with Crippen molar-refractivity contribution in [2.75, 3.05) is 32.8 Å². The normalized spacial score (nSPS) is 35.8. The number of hydrogen-bond acceptors (Lipinski definition) is 3. The Hall–Kier alpha value is -0.120. The third-order valence-electron chi connectivity index (χ3n) is 3.71. The Morgan fingerprint density at radius 2 is 1.71 bits per heavy atom. The number of morpholine rings is 1. The van der Waals surface area contributed by atoms with Crippen molar-refractivity contribution in [2.24, 2.45) is 11.7 Å². The SMILES string of the molecule is NC[C@H]1CC[C@H](N2CCOCC2)CC1. The van der Waals surface area contributed by atoms with Gasteiger partial charge >= 0.3 is 0 Å². The zero-order chi connectivity index (χ0) is 9.80. The van der Waals surface area contributed by atoms with Crippen LogP contribution in [0.2, 0.25) is 0 Å². The number of hydrogen-bond donors (Lipinski definition) is 1. The molecule has 1 saturated carbocycles. The Balaban J connectivity index is 1.76. The molecule has 1 saturated heterocycles. The molecule has 2 aliphatic rings. The highest BCUT2D eigenvalue weighted by atomic mass is 16.5. The first-order valence-electron chi connectivity index (χ1n) is 5.92. The predicted octanol–water partition coefficient (Wildman–Crippen LogP) is 0.836. The Morgan fingerprint density at radius 3 is 2.29 bits per heavy atom. The minimum atomic E-state index is 0.798. The van der Waals surface area contributed by atoms with Crippen LogP contribution in [-0.4, -0.2) is 43.8 Å². The standard InChI is InChI=1S/C11H22N2O/c12-9-10-1-3-11(4-2-10)13-5-7-14-8-6-13/h10-11H,1-9,12H2/t10-,11-. The van der Waals surface area contributed by atoms with E-state index in [1.165, 1.54) is 25.7 Å². The molecule has 0 aromatic carbocycles. The molecule has 1 heterocycles. The van der Waals surface area contributed by atoms with E-state index in [0.29, 0.717) is 0 Å². The summed E-state index contributed by atoms with van der Waals surface area (Å²) in [5.41, 5.74) is 5.69. The summed E-state index contributed by atoms with van der Waals surface area (Å²) in [6.07, 6.45) is 5.36. The molecule has 3 heteroatoms. The molecule has 0 atom stereocenters. The molecule has 14 heavy (non-hydrogen) atoms. The smallest absolute Gasteiger partial charge is 0.0594 e. The number of ether oxygens (including phenoxy) is 1. The summed E-state index contributed by atoms with van der Waals surface area (Å²) < 4.78 is 5.37. The second kappa shape index (κ2) is 5.10. The van der Waals surface area contributed by atoms with E-state index >= 15 is 0 Å². The van der Waals surface area contributed by atoms with Crippen LogP contribution in [0.5, 0.6) is 0 Å². The van der Waals surface area contributed by atoms with Crippen molar-refractivity contribution >= 4 is 0 Å². The molecule has 1 aliphatic carbocycles. The first kappa shape index (κ1) is 10.4. The minimum absolute atomic E-state index is 0.798. The molecule has 0 aromatic rings. The lowest BCUT2D eigenvalue weighted by molar-refractivity contribution is 0.00526. The summed E-state index contributed by atoms with van der Waals surface area (Å²) in [6, 6.07) is 0.821. The quantitative estimate of drug-likeness (QED) is 0.714. The zero-order valence-electron chi connectivity index (χ0n) is 8.95. The van der Waals surface area contributed by atoms with Crippen LogP contribution in [0.3, 0.4) is 0 Å². The van der Waals surface area contributed by atoms with Gasteiger partial charge in [-0.2, -0.15) is 0 Å². The van der Waals surface area contributed by atoms with E-state index in [2.05, 4.69) is 4.90 Å². The maximum absolute atomic E-state index is 5.69. The lowest BCUT2D eigenvalue weighted by Gasteiger charge is -2.38. The highest BCUT2D eigenvalue weighted by Crippen LogP contribution is 2.27. The maximum atomic E-state index is 5.69. The van der Waals surface area contributed by atoms with Crippen molar-refractivity contribution in [3.63, 3.8) is 0 Å². The van der Waals surface area contributed by atoms with Gasteiger partial charge in [0.05, 0.1) is 13.2 Å². The lowest BCUT2D eigenvalue weighted by atomic mass is 9.85. The fourth-order valence-electron chi connectivity index (χ4n) is 2.69. The van der Waals surface area contributed by atoms with Crippen LogP contribution in [0, 0.1) is 5.92 Å². The summed E-state index contributed by atoms with van der Waals surface area (Å²) in [7, 11) is 0. The van der Waals surface area contributed by atoms with E-state index in [9.17, 15) is 0 Å². The summed E-state index contributed by atoms with van der Waals surface area (Å²) in [5, 5.41) is 0. The Kier molecular flexibility index (Phi) is 3.79. The fourth-order valence-corrected chi connectivity index (χ4v) is 2.69. The van der Waals surface area contributed by atoms with Gasteiger partial charge in [-0.25, -0.2) is 0 Å². The minimum Gasteiger partial charge on any atom is -0.379 e. The molecule has 2 rings (SSSR count). The number of nitrogens with zero attached hydrogens (tertiary/aromatic N) is 1. The molecule has 0 aromatic heterocycles. The van der Waals surface area contributed by atoms with Gasteiger partial charge in [-0.15, -0.1) is 0 Å². The van der Waals surface area contributed by atoms with E-state index < -0.39 is 0 Å². The molecule has 82 valence electrons. The van der Waals surface area contributed by atoms with Gasteiger partial charge in [0.25, 0.3) is 0 Å². The largest absolute Gasteiger partial charge is 0.379 e. The second-order valence-corrected chi connectivity index (χ2v) is 4.56. The van der Waals surface area contributed by atoms with Crippen LogP contribution in [-0.2, 0) is 4.74 Å². The Bertz CT molecular complexity index is 161. The van der Waals surface area contributed by atoms with Crippen molar-refractivity contribution < 1.29 is 4.74 Å². The van der Waals surface area contributed by atoms with E-state index in [0.717, 1.165) is 44.8 Å². The van der Waals surface area contributed by atoms with Gasteiger partial charge in [-0.3, -0.25) is 4.90 Å². The topological polar surface area (TPSA) is 38.5 Å². The molecule has 3 nitrogen and oxygen atoms in total. The summed E-state index contributed by atoms with van der Waals surface area (Å²) >= 11 is 0. The van der Waals surface area contributed by atoms with E-state index in [4.69, 9.17) is 10.5 Å². The second-order valence-electron chi connectivity index (χ2n) is 4.56. The molecular formula is C11H22N2O. The van der Waals surface area contributed by atoms with Gasteiger partial charge < -0.3 is 10.5 Å². The van der Waals surface area contributed by atoms with Gasteiger partial charge in [-0.1, -0.05) is 0 Å². The monoisotopic (exact) mass is 198 g/mol. The average molecular weight is 198 g/mol. The predicted molar refractivity (Wildman–Crippen MR) is 57.2 cm³/mol. The van der Waals surface area contributed by atoms with Gasteiger partial charge in [-0.05, 0) is 38.1 Å². The highest BCUT2D eigenvalue weighted by molar-refractivity contribution is 4.80. The Morgan fingerprint density at radius 1 is 1.07 bits per heavy atom. The Labute approximate surface area is 86.6 Å². The molecular weight excluding hydrogens is 176 g/mol. The van der Waals surface area contributed by atoms with Crippen LogP contribution < -0.4 is 5.73 Å². The molecule has 0 spiro atoms. The zero-order valence-corrected chi connectivity index (χ0v) is 8.95. The molecule has 1 aliphatic heterocycles. The first-order valence-corrected chi connectivity index (χ1v) is 5.92. The number of rotatable bonds is 2. The third kappa shape index (κ3) is 2.47. The molecule has 2 fully saturated rings. The van der Waals surface area contributed by atoms with Crippen LogP contribution in [0.1, 0.15) is 25.7 Å². The van der Waals surface area contributed by atoms with E-state index in [1.54, 1.807) is 0 Å². The van der Waals surface area contributed by atoms with Crippen molar-refractivity contribution in [1.82, 2.24) is 4.90 Å². The van der Waals surface area contributed by atoms with E-state index in [1.807, 2.05) is 0 Å². The molecule has 0 radical (unpaired) electrons. The summed E-state index contributed by atoms with van der Waals surface area (Å²) in [4.78, 5) is 2.61. The van der Waals surface area contributed by atoms with Crippen LogP contribution in [0.15, 0.2) is 0 Å². The molecule has 2 N–H and O–H groups in total. The van der Waals surface area contributed by atoms with Crippen molar-refractivity contribution in [3.05, 3.63) is 0 Å². The van der Waals surface area contributed by atoms with Gasteiger partial charge in [0.2, 0.25) is 0 Å². The van der Waals surface area contributed by atoms with Crippen LogP contribution in [0.4, 0.5) is 0 Å². The summed E-state index contributed by atoms with van der Waals surface area (Å²) in [5.74, 6) is 0.798. The fraction of sp³-hybridized carbons (Fsp3) is 1.00. The van der Waals surface area contributed by atoms with Crippen LogP contribution in [0.25, 0.3) is 0 Å². The van der Waals surface area contributed by atoms with Gasteiger partial charge in [0.15, 0.2) is 0 Å². The third-order valence-corrected chi connectivity index (χ3v) is 3.71. The van der Waals surface area contributed by atoms with Crippen LogP contribution >= 0.6 is 0 Å². The van der Waals surface area contributed by atoms with Crippen molar-refractivity contribution in [1.29, 1.82) is 0 Å². The highest BCUT2D eigenvalue weighted by Gasteiger charge is 2.25. The molecule has 0 unspecified atom stereocenters. The van der Waals surface area contributed by atoms with Crippen molar-refractivity contribution in [2.45, 2.75) is 31.7 Å². The van der Waals surface area contributed by atoms with E-state index in [-0.39, 0.29) is 0 Å². The van der Waals surface area contributed by atoms with Gasteiger partial charge in [0, 0.05) is 19.1 Å². The molecule has 0 bridgehead atoms. The number of nitrogens with two attached hydrogens (primary N) is 1. The van der Waals surface area contributed by atoms with Crippen molar-refractivity contribution in [3.8, 4) is 0 Å². The molecule has 0 amide bonds. The average Bonchev–Trinajstić information content (AvgIpc) is 2.30. The lowest BCUT2D eigenvalue weighted by Crippen LogP contribution is -2.45.